The number of nitrogens with zero attached hydrogens (tertiary/aromatic N) is 1. The summed E-state index contributed by atoms with van der Waals surface area (Å²) in [7, 11) is 0. The predicted molar refractivity (Wildman–Crippen MR) is 52.1 cm³/mol. The summed E-state index contributed by atoms with van der Waals surface area (Å²) in [5, 5.41) is 0. The molecule has 15 heavy (non-hydrogen) atoms. The molecule has 0 bridgehead atoms. The monoisotopic (exact) mass is 203 g/mol. The Morgan fingerprint density at radius 2 is 2.27 bits per heavy atom. The van der Waals surface area contributed by atoms with Crippen LogP contribution in [0.5, 0.6) is 0 Å². The second-order valence-electron chi connectivity index (χ2n) is 2.87. The molecule has 2 rings (SSSR count). The van der Waals surface area contributed by atoms with Gasteiger partial charge < -0.3 is 9.15 Å². The van der Waals surface area contributed by atoms with E-state index >= 15 is 0 Å². The summed E-state index contributed by atoms with van der Waals surface area (Å²) in [6.07, 6.45) is 3.08. The maximum absolute atomic E-state index is 11.3. The van der Waals surface area contributed by atoms with Crippen molar-refractivity contribution in [3.8, 4) is 0 Å². The summed E-state index contributed by atoms with van der Waals surface area (Å²) >= 11 is 0. The van der Waals surface area contributed by atoms with Gasteiger partial charge in [-0.05, 0) is 24.3 Å². The third kappa shape index (κ3) is 2.43. The highest BCUT2D eigenvalue weighted by Gasteiger charge is 2.09. The average Bonchev–Trinajstić information content (AvgIpc) is 2.81. The highest BCUT2D eigenvalue weighted by molar-refractivity contribution is 5.86. The Bertz CT molecular complexity index is 422. The molecule has 0 aliphatic carbocycles. The number of aromatic nitrogens is 1. The fraction of sp³-hybridized carbons (Fsp3) is 0.0909. The fourth-order valence-corrected chi connectivity index (χ4v) is 1.09. The Labute approximate surface area is 86.5 Å². The van der Waals surface area contributed by atoms with Crippen molar-refractivity contribution in [1.29, 1.82) is 0 Å². The number of carbonyl (C=O) groups excluding carboxylic acids is 1. The molecular weight excluding hydrogens is 194 g/mol. The maximum atomic E-state index is 11.3. The first-order valence-corrected chi connectivity index (χ1v) is 4.47. The Balaban J connectivity index is 1.92. The molecule has 2 aromatic rings. The number of ether oxygens (including phenoxy) is 1. The molecule has 76 valence electrons. The summed E-state index contributed by atoms with van der Waals surface area (Å²) < 4.78 is 9.87. The molecule has 2 heterocycles. The van der Waals surface area contributed by atoms with E-state index in [0.717, 1.165) is 0 Å². The third-order valence-electron chi connectivity index (χ3n) is 1.80. The van der Waals surface area contributed by atoms with E-state index in [1.165, 1.54) is 6.26 Å². The number of hydrogen-bond acceptors (Lipinski definition) is 4. The SMILES string of the molecule is O=C(OCc1ccccn1)c1ccco1. The molecule has 0 radical (unpaired) electrons. The molecule has 0 saturated heterocycles. The number of hydrogen-bond donors (Lipinski definition) is 0. The van der Waals surface area contributed by atoms with Crippen molar-refractivity contribution >= 4 is 5.97 Å². The van der Waals surface area contributed by atoms with Gasteiger partial charge >= 0.3 is 5.97 Å². The Morgan fingerprint density at radius 1 is 1.33 bits per heavy atom. The number of furan rings is 1. The van der Waals surface area contributed by atoms with Crippen LogP contribution in [0.15, 0.2) is 47.2 Å². The fourth-order valence-electron chi connectivity index (χ4n) is 1.09. The first-order valence-electron chi connectivity index (χ1n) is 4.47. The van der Waals surface area contributed by atoms with E-state index < -0.39 is 5.97 Å². The zero-order valence-electron chi connectivity index (χ0n) is 7.92. The molecule has 0 aromatic carbocycles. The smallest absolute Gasteiger partial charge is 0.374 e. The molecule has 0 N–H and O–H groups in total. The number of rotatable bonds is 3. The summed E-state index contributed by atoms with van der Waals surface area (Å²) in [5.41, 5.74) is 0.706. The van der Waals surface area contributed by atoms with Crippen LogP contribution in [0.4, 0.5) is 0 Å². The molecule has 4 heteroatoms. The standard InChI is InChI=1S/C11H9NO3/c13-11(10-5-3-7-14-10)15-8-9-4-1-2-6-12-9/h1-7H,8H2. The zero-order valence-corrected chi connectivity index (χ0v) is 7.92. The van der Waals surface area contributed by atoms with Crippen molar-refractivity contribution in [3.05, 3.63) is 54.2 Å². The van der Waals surface area contributed by atoms with Gasteiger partial charge in [0.1, 0.15) is 6.61 Å². The van der Waals surface area contributed by atoms with E-state index in [2.05, 4.69) is 4.98 Å². The second-order valence-corrected chi connectivity index (χ2v) is 2.87. The normalized spacial score (nSPS) is 9.87. The molecule has 0 fully saturated rings. The van der Waals surface area contributed by atoms with E-state index in [1.807, 2.05) is 6.07 Å². The van der Waals surface area contributed by atoms with Crippen molar-refractivity contribution in [2.45, 2.75) is 6.61 Å². The van der Waals surface area contributed by atoms with Crippen LogP contribution >= 0.6 is 0 Å². The first kappa shape index (κ1) is 9.45. The van der Waals surface area contributed by atoms with E-state index in [0.29, 0.717) is 5.69 Å². The van der Waals surface area contributed by atoms with E-state index in [1.54, 1.807) is 30.5 Å². The average molecular weight is 203 g/mol. The van der Waals surface area contributed by atoms with Crippen LogP contribution in [0.25, 0.3) is 0 Å². The lowest BCUT2D eigenvalue weighted by Crippen LogP contribution is -2.04. The molecule has 0 aliphatic heterocycles. The minimum Gasteiger partial charge on any atom is -0.457 e. The van der Waals surface area contributed by atoms with Crippen LogP contribution in [-0.4, -0.2) is 11.0 Å². The van der Waals surface area contributed by atoms with E-state index in [4.69, 9.17) is 9.15 Å². The summed E-state index contributed by atoms with van der Waals surface area (Å²) in [5.74, 6) is -0.281. The van der Waals surface area contributed by atoms with Crippen LogP contribution in [-0.2, 0) is 11.3 Å². The Morgan fingerprint density at radius 3 is 2.93 bits per heavy atom. The van der Waals surface area contributed by atoms with Gasteiger partial charge in [-0.3, -0.25) is 4.98 Å². The largest absolute Gasteiger partial charge is 0.457 e. The van der Waals surface area contributed by atoms with Gasteiger partial charge in [0.2, 0.25) is 5.76 Å². The van der Waals surface area contributed by atoms with Crippen LogP contribution < -0.4 is 0 Å². The van der Waals surface area contributed by atoms with Gasteiger partial charge in [-0.1, -0.05) is 6.07 Å². The van der Waals surface area contributed by atoms with Gasteiger partial charge in [0.05, 0.1) is 12.0 Å². The summed E-state index contributed by atoms with van der Waals surface area (Å²) in [6.45, 7) is 0.153. The molecule has 0 unspecified atom stereocenters. The highest BCUT2D eigenvalue weighted by Crippen LogP contribution is 2.04. The van der Waals surface area contributed by atoms with Gasteiger partial charge in [0, 0.05) is 6.20 Å². The Hall–Kier alpha value is -2.10. The quantitative estimate of drug-likeness (QED) is 0.716. The van der Waals surface area contributed by atoms with Crippen molar-refractivity contribution in [3.63, 3.8) is 0 Å². The van der Waals surface area contributed by atoms with Crippen molar-refractivity contribution in [2.75, 3.05) is 0 Å². The van der Waals surface area contributed by atoms with Gasteiger partial charge in [-0.25, -0.2) is 4.79 Å². The van der Waals surface area contributed by atoms with E-state index in [9.17, 15) is 4.79 Å². The minimum atomic E-state index is -0.481. The number of esters is 1. The van der Waals surface area contributed by atoms with Crippen LogP contribution in [0, 0.1) is 0 Å². The van der Waals surface area contributed by atoms with Crippen molar-refractivity contribution in [1.82, 2.24) is 4.98 Å². The van der Waals surface area contributed by atoms with Gasteiger partial charge in [0.25, 0.3) is 0 Å². The van der Waals surface area contributed by atoms with Crippen molar-refractivity contribution < 1.29 is 13.9 Å². The van der Waals surface area contributed by atoms with E-state index in [-0.39, 0.29) is 12.4 Å². The minimum absolute atomic E-state index is 0.153. The lowest BCUT2D eigenvalue weighted by molar-refractivity contribution is 0.0431. The molecule has 0 amide bonds. The molecule has 0 saturated carbocycles. The summed E-state index contributed by atoms with van der Waals surface area (Å²) in [6, 6.07) is 8.62. The van der Waals surface area contributed by atoms with Gasteiger partial charge in [-0.15, -0.1) is 0 Å². The maximum Gasteiger partial charge on any atom is 0.374 e. The molecule has 0 aliphatic rings. The Kier molecular flexibility index (Phi) is 2.78. The number of carbonyl (C=O) groups is 1. The highest BCUT2D eigenvalue weighted by atomic mass is 16.5. The second kappa shape index (κ2) is 4.41. The van der Waals surface area contributed by atoms with Crippen LogP contribution in [0.3, 0.4) is 0 Å². The molecular formula is C11H9NO3. The molecule has 4 nitrogen and oxygen atoms in total. The first-order chi connectivity index (χ1) is 7.36. The van der Waals surface area contributed by atoms with Crippen molar-refractivity contribution in [2.24, 2.45) is 0 Å². The van der Waals surface area contributed by atoms with Crippen LogP contribution in [0.2, 0.25) is 0 Å². The lowest BCUT2D eigenvalue weighted by atomic mass is 10.4. The topological polar surface area (TPSA) is 52.3 Å². The molecule has 0 spiro atoms. The van der Waals surface area contributed by atoms with Gasteiger partial charge in [0.15, 0.2) is 0 Å². The van der Waals surface area contributed by atoms with Crippen LogP contribution in [0.1, 0.15) is 16.2 Å². The molecule has 2 aromatic heterocycles. The zero-order chi connectivity index (χ0) is 10.5. The van der Waals surface area contributed by atoms with Gasteiger partial charge in [-0.2, -0.15) is 0 Å². The third-order valence-corrected chi connectivity index (χ3v) is 1.80. The summed E-state index contributed by atoms with van der Waals surface area (Å²) in [4.78, 5) is 15.4. The lowest BCUT2D eigenvalue weighted by Gasteiger charge is -2.01. The molecule has 0 atom stereocenters. The predicted octanol–water partition coefficient (Wildman–Crippen LogP) is 2.03. The number of pyridine rings is 1.